The first-order chi connectivity index (χ1) is 11.0. The van der Waals surface area contributed by atoms with Crippen molar-refractivity contribution in [3.63, 3.8) is 0 Å². The molecule has 1 saturated heterocycles. The van der Waals surface area contributed by atoms with Gasteiger partial charge in [-0.2, -0.15) is 0 Å². The van der Waals surface area contributed by atoms with E-state index in [2.05, 4.69) is 46.7 Å². The highest BCUT2D eigenvalue weighted by molar-refractivity contribution is 9.10. The van der Waals surface area contributed by atoms with Gasteiger partial charge in [-0.1, -0.05) is 6.92 Å². The lowest BCUT2D eigenvalue weighted by molar-refractivity contribution is 0.0206. The maximum absolute atomic E-state index is 12.0. The van der Waals surface area contributed by atoms with Gasteiger partial charge in [0, 0.05) is 23.5 Å². The summed E-state index contributed by atoms with van der Waals surface area (Å²) in [6.45, 7) is 8.80. The molecule has 1 fully saturated rings. The van der Waals surface area contributed by atoms with Gasteiger partial charge in [0.25, 0.3) is 0 Å². The number of halogens is 1. The van der Waals surface area contributed by atoms with Crippen LogP contribution in [0.4, 0.5) is 10.5 Å². The summed E-state index contributed by atoms with van der Waals surface area (Å²) >= 11 is 3.65. The molecule has 5 nitrogen and oxygen atoms in total. The van der Waals surface area contributed by atoms with Crippen LogP contribution in [0.2, 0.25) is 0 Å². The summed E-state index contributed by atoms with van der Waals surface area (Å²) in [4.78, 5) is 16.7. The lowest BCUT2D eigenvalue weighted by atomic mass is 9.81. The second kappa shape index (κ2) is 5.63. The monoisotopic (exact) mass is 396 g/mol. The number of likely N-dealkylation sites (tertiary alicyclic amines) is 1. The second-order valence-electron chi connectivity index (χ2n) is 8.00. The molecular weight excluding hydrogens is 372 g/mol. The molecule has 2 aliphatic heterocycles. The van der Waals surface area contributed by atoms with Gasteiger partial charge < -0.3 is 14.4 Å². The first-order valence-electron chi connectivity index (χ1n) is 8.21. The van der Waals surface area contributed by atoms with E-state index in [0.717, 1.165) is 17.4 Å². The predicted octanol–water partition coefficient (Wildman–Crippen LogP) is 4.13. The van der Waals surface area contributed by atoms with Crippen molar-refractivity contribution in [2.24, 2.45) is 0 Å². The van der Waals surface area contributed by atoms with Crippen molar-refractivity contribution in [3.05, 3.63) is 22.2 Å². The highest BCUT2D eigenvalue weighted by Crippen LogP contribution is 2.54. The van der Waals surface area contributed by atoms with Crippen LogP contribution in [0.1, 0.15) is 39.7 Å². The van der Waals surface area contributed by atoms with Crippen molar-refractivity contribution >= 4 is 27.8 Å². The predicted molar refractivity (Wildman–Crippen MR) is 97.8 cm³/mol. The lowest BCUT2D eigenvalue weighted by Gasteiger charge is -2.32. The summed E-state index contributed by atoms with van der Waals surface area (Å²) in [7, 11) is 4.28. The molecule has 0 aliphatic carbocycles. The number of anilines is 1. The van der Waals surface area contributed by atoms with Crippen LogP contribution in [0.3, 0.4) is 0 Å². The number of ether oxygens (including phenoxy) is 2. The van der Waals surface area contributed by atoms with Crippen LogP contribution in [0, 0.1) is 0 Å². The third kappa shape index (κ3) is 2.80. The summed E-state index contributed by atoms with van der Waals surface area (Å²) in [6, 6.07) is 3.82. The molecule has 2 atom stereocenters. The summed E-state index contributed by atoms with van der Waals surface area (Å²) in [6.07, 6.45) is 0.722. The summed E-state index contributed by atoms with van der Waals surface area (Å²) in [5.41, 5.74) is 1.84. The number of carbonyl (C=O) groups is 1. The number of likely N-dealkylation sites (N-methyl/N-ethyl adjacent to an activating group) is 2. The molecule has 0 spiro atoms. The lowest BCUT2D eigenvalue weighted by Crippen LogP contribution is -2.45. The quantitative estimate of drug-likeness (QED) is 0.527. The smallest absolute Gasteiger partial charge is 0.428 e. The molecule has 2 aliphatic rings. The van der Waals surface area contributed by atoms with E-state index in [1.165, 1.54) is 11.3 Å². The Kier molecular flexibility index (Phi) is 4.12. The molecule has 3 rings (SSSR count). The van der Waals surface area contributed by atoms with E-state index in [-0.39, 0.29) is 5.41 Å². The second-order valence-corrected chi connectivity index (χ2v) is 8.85. The maximum atomic E-state index is 12.0. The van der Waals surface area contributed by atoms with E-state index in [4.69, 9.17) is 9.47 Å². The molecule has 0 saturated carbocycles. The zero-order chi connectivity index (χ0) is 17.9. The minimum absolute atomic E-state index is 0.0225. The van der Waals surface area contributed by atoms with Crippen LogP contribution >= 0.6 is 15.9 Å². The number of hydrogen-bond acceptors (Lipinski definition) is 5. The molecule has 1 aromatic carbocycles. The van der Waals surface area contributed by atoms with Crippen molar-refractivity contribution in [2.75, 3.05) is 25.5 Å². The molecule has 0 bridgehead atoms. The molecule has 6 heteroatoms. The Hall–Kier alpha value is -1.27. The molecule has 1 aromatic rings. The van der Waals surface area contributed by atoms with Crippen LogP contribution in [0.15, 0.2) is 16.6 Å². The Bertz CT molecular complexity index is 686. The fraction of sp³-hybridized carbons (Fsp3) is 0.611. The minimum Gasteiger partial charge on any atom is -0.428 e. The molecule has 0 N–H and O–H groups in total. The van der Waals surface area contributed by atoms with E-state index in [0.29, 0.717) is 11.9 Å². The number of benzene rings is 1. The molecule has 0 aromatic heterocycles. The van der Waals surface area contributed by atoms with Crippen molar-refractivity contribution in [2.45, 2.75) is 51.3 Å². The van der Waals surface area contributed by atoms with Gasteiger partial charge in [-0.25, -0.2) is 4.79 Å². The van der Waals surface area contributed by atoms with Crippen molar-refractivity contribution in [1.29, 1.82) is 0 Å². The number of rotatable bonds is 1. The molecule has 0 radical (unpaired) electrons. The van der Waals surface area contributed by atoms with Gasteiger partial charge in [-0.3, -0.25) is 4.90 Å². The summed E-state index contributed by atoms with van der Waals surface area (Å²) < 4.78 is 11.6. The first kappa shape index (κ1) is 17.5. The van der Waals surface area contributed by atoms with Crippen LogP contribution in [-0.4, -0.2) is 43.5 Å². The fourth-order valence-electron chi connectivity index (χ4n) is 4.06. The van der Waals surface area contributed by atoms with Crippen LogP contribution in [0.5, 0.6) is 5.75 Å². The largest absolute Gasteiger partial charge is 0.514 e. The topological polar surface area (TPSA) is 42.0 Å². The van der Waals surface area contributed by atoms with Crippen molar-refractivity contribution in [3.8, 4) is 5.75 Å². The van der Waals surface area contributed by atoms with Gasteiger partial charge in [0.2, 0.25) is 0 Å². The van der Waals surface area contributed by atoms with Gasteiger partial charge in [-0.15, -0.1) is 0 Å². The molecular formula is C18H25BrN2O3. The highest BCUT2D eigenvalue weighted by atomic mass is 79.9. The molecule has 24 heavy (non-hydrogen) atoms. The minimum atomic E-state index is -0.675. The normalized spacial score (nSPS) is 26.3. The summed E-state index contributed by atoms with van der Waals surface area (Å²) in [5, 5.41) is 0. The molecule has 132 valence electrons. The van der Waals surface area contributed by atoms with Gasteiger partial charge in [-0.05, 0) is 67.9 Å². The average molecular weight is 397 g/mol. The standard InChI is InChI=1S/C18H25BrN2O3/c1-17(2,3)24-16(22)23-11-9-12-14(13(19)10-11)21(6)15-18(12,4)7-8-20(15)5/h9-10,15H,7-8H2,1-6H3/t15-,18+/m1/s1. The van der Waals surface area contributed by atoms with Crippen molar-refractivity contribution in [1.82, 2.24) is 4.90 Å². The Morgan fingerprint density at radius 3 is 2.62 bits per heavy atom. The van der Waals surface area contributed by atoms with Gasteiger partial charge >= 0.3 is 6.16 Å². The van der Waals surface area contributed by atoms with E-state index in [9.17, 15) is 4.79 Å². The van der Waals surface area contributed by atoms with Crippen LogP contribution < -0.4 is 9.64 Å². The first-order valence-corrected chi connectivity index (χ1v) is 9.00. The van der Waals surface area contributed by atoms with Gasteiger partial charge in [0.1, 0.15) is 11.4 Å². The van der Waals surface area contributed by atoms with Crippen LogP contribution in [0.25, 0.3) is 0 Å². The highest BCUT2D eigenvalue weighted by Gasteiger charge is 2.53. The number of hydrogen-bond donors (Lipinski definition) is 0. The zero-order valence-corrected chi connectivity index (χ0v) is 16.7. The zero-order valence-electron chi connectivity index (χ0n) is 15.1. The third-order valence-corrected chi connectivity index (χ3v) is 5.54. The van der Waals surface area contributed by atoms with E-state index < -0.39 is 11.8 Å². The number of carbonyl (C=O) groups excluding carboxylic acids is 1. The Morgan fingerprint density at radius 1 is 1.33 bits per heavy atom. The Balaban J connectivity index is 1.94. The van der Waals surface area contributed by atoms with E-state index in [1.54, 1.807) is 0 Å². The Morgan fingerprint density at radius 2 is 2.00 bits per heavy atom. The number of fused-ring (bicyclic) bond motifs is 3. The number of nitrogens with zero attached hydrogens (tertiary/aromatic N) is 2. The average Bonchev–Trinajstić information content (AvgIpc) is 2.82. The molecule has 0 unspecified atom stereocenters. The van der Waals surface area contributed by atoms with Gasteiger partial charge in [0.05, 0.1) is 11.9 Å². The van der Waals surface area contributed by atoms with Crippen LogP contribution in [-0.2, 0) is 10.2 Å². The van der Waals surface area contributed by atoms with Crippen molar-refractivity contribution < 1.29 is 14.3 Å². The van der Waals surface area contributed by atoms with E-state index >= 15 is 0 Å². The maximum Gasteiger partial charge on any atom is 0.514 e. The summed E-state index contributed by atoms with van der Waals surface area (Å²) in [5.74, 6) is 0.514. The molecule has 0 amide bonds. The Labute approximate surface area is 152 Å². The third-order valence-electron chi connectivity index (χ3n) is 4.93. The molecule has 2 heterocycles. The van der Waals surface area contributed by atoms with E-state index in [1.807, 2.05) is 32.9 Å². The SMILES string of the molecule is CN1CC[C@@]2(C)c3cc(OC(=O)OC(C)(C)C)cc(Br)c3N(C)[C@@H]12. The van der Waals surface area contributed by atoms with Gasteiger partial charge in [0.15, 0.2) is 0 Å². The fourth-order valence-corrected chi connectivity index (χ4v) is 4.78.